The molecule has 0 bridgehead atoms. The number of ether oxygens (including phenoxy) is 1. The quantitative estimate of drug-likeness (QED) is 0.902. The van der Waals surface area contributed by atoms with Crippen LogP contribution in [0.15, 0.2) is 48.5 Å². The number of rotatable bonds is 5. The van der Waals surface area contributed by atoms with E-state index in [9.17, 15) is 4.79 Å². The molecule has 21 heavy (non-hydrogen) atoms. The van der Waals surface area contributed by atoms with Crippen LogP contribution >= 0.6 is 0 Å². The summed E-state index contributed by atoms with van der Waals surface area (Å²) in [5.74, 6) is 0.600. The number of carbonyl (C=O) groups is 1. The fraction of sp³-hybridized carbons (Fsp3) is 0.278. The summed E-state index contributed by atoms with van der Waals surface area (Å²) in [6.45, 7) is 5.79. The zero-order chi connectivity index (χ0) is 15.2. The van der Waals surface area contributed by atoms with Crippen LogP contribution in [-0.2, 0) is 11.2 Å². The molecule has 110 valence electrons. The molecule has 0 spiro atoms. The number of hydrogen-bond acceptors (Lipinski definition) is 2. The zero-order valence-electron chi connectivity index (χ0n) is 12.7. The number of hydrogen-bond donors (Lipinski definition) is 1. The van der Waals surface area contributed by atoms with Crippen LogP contribution in [0.5, 0.6) is 5.75 Å². The molecule has 0 aromatic heterocycles. The average molecular weight is 283 g/mol. The first-order valence-corrected chi connectivity index (χ1v) is 7.23. The number of aryl methyl sites for hydroxylation is 2. The monoisotopic (exact) mass is 283 g/mol. The molecule has 1 atom stereocenters. The van der Waals surface area contributed by atoms with E-state index in [0.29, 0.717) is 0 Å². The molecule has 1 amide bonds. The second-order valence-corrected chi connectivity index (χ2v) is 5.03. The van der Waals surface area contributed by atoms with Crippen LogP contribution in [0.1, 0.15) is 25.0 Å². The lowest BCUT2D eigenvalue weighted by atomic mass is 10.1. The van der Waals surface area contributed by atoms with Gasteiger partial charge in [0.2, 0.25) is 0 Å². The lowest BCUT2D eigenvalue weighted by Gasteiger charge is -2.17. The molecule has 2 aromatic carbocycles. The van der Waals surface area contributed by atoms with Gasteiger partial charge in [0.25, 0.3) is 5.91 Å². The molecule has 0 fully saturated rings. The Bertz CT molecular complexity index is 622. The Morgan fingerprint density at radius 1 is 1.14 bits per heavy atom. The fourth-order valence-corrected chi connectivity index (χ4v) is 2.12. The lowest BCUT2D eigenvalue weighted by Crippen LogP contribution is -2.30. The minimum Gasteiger partial charge on any atom is -0.481 e. The third kappa shape index (κ3) is 3.85. The normalized spacial score (nSPS) is 11.8. The standard InChI is InChI=1S/C18H21NO2/c1-4-15-10-6-7-11-16(15)19-18(20)14(3)21-17-12-8-5-9-13(17)2/h5-12,14H,4H2,1-3H3,(H,19,20)/t14-/m1/s1. The number of anilines is 1. The van der Waals surface area contributed by atoms with Gasteiger partial charge in [-0.2, -0.15) is 0 Å². The zero-order valence-corrected chi connectivity index (χ0v) is 12.7. The Morgan fingerprint density at radius 2 is 1.81 bits per heavy atom. The molecule has 0 aliphatic carbocycles. The highest BCUT2D eigenvalue weighted by Crippen LogP contribution is 2.19. The van der Waals surface area contributed by atoms with Crippen molar-refractivity contribution in [3.8, 4) is 5.75 Å². The Morgan fingerprint density at radius 3 is 2.52 bits per heavy atom. The van der Waals surface area contributed by atoms with Gasteiger partial charge in [0.15, 0.2) is 6.10 Å². The van der Waals surface area contributed by atoms with E-state index >= 15 is 0 Å². The van der Waals surface area contributed by atoms with Crippen LogP contribution in [0, 0.1) is 6.92 Å². The second-order valence-electron chi connectivity index (χ2n) is 5.03. The highest BCUT2D eigenvalue weighted by molar-refractivity contribution is 5.94. The first-order valence-electron chi connectivity index (χ1n) is 7.23. The number of amides is 1. The maximum Gasteiger partial charge on any atom is 0.265 e. The molecule has 0 saturated carbocycles. The van der Waals surface area contributed by atoms with Crippen molar-refractivity contribution in [3.63, 3.8) is 0 Å². The maximum atomic E-state index is 12.3. The molecule has 3 nitrogen and oxygen atoms in total. The summed E-state index contributed by atoms with van der Waals surface area (Å²) in [7, 11) is 0. The third-order valence-electron chi connectivity index (χ3n) is 3.42. The maximum absolute atomic E-state index is 12.3. The van der Waals surface area contributed by atoms with E-state index < -0.39 is 6.10 Å². The Balaban J connectivity index is 2.05. The number of carbonyl (C=O) groups excluding carboxylic acids is 1. The minimum atomic E-state index is -0.545. The van der Waals surface area contributed by atoms with E-state index in [-0.39, 0.29) is 5.91 Å². The van der Waals surface area contributed by atoms with Crippen LogP contribution in [0.2, 0.25) is 0 Å². The minimum absolute atomic E-state index is 0.140. The number of benzene rings is 2. The first kappa shape index (κ1) is 15.1. The van der Waals surface area contributed by atoms with Gasteiger partial charge in [0, 0.05) is 5.69 Å². The summed E-state index contributed by atoms with van der Waals surface area (Å²) in [6.07, 6.45) is 0.333. The topological polar surface area (TPSA) is 38.3 Å². The van der Waals surface area contributed by atoms with Gasteiger partial charge in [-0.15, -0.1) is 0 Å². The predicted molar refractivity (Wildman–Crippen MR) is 85.7 cm³/mol. The highest BCUT2D eigenvalue weighted by atomic mass is 16.5. The van der Waals surface area contributed by atoms with Crippen molar-refractivity contribution >= 4 is 11.6 Å². The van der Waals surface area contributed by atoms with Gasteiger partial charge in [-0.25, -0.2) is 0 Å². The number of nitrogens with one attached hydrogen (secondary N) is 1. The fourth-order valence-electron chi connectivity index (χ4n) is 2.12. The van der Waals surface area contributed by atoms with Crippen LogP contribution in [0.4, 0.5) is 5.69 Å². The summed E-state index contributed by atoms with van der Waals surface area (Å²) in [5.41, 5.74) is 2.99. The molecule has 0 heterocycles. The van der Waals surface area contributed by atoms with E-state index in [1.165, 1.54) is 0 Å². The van der Waals surface area contributed by atoms with Gasteiger partial charge < -0.3 is 10.1 Å². The Labute approximate surface area is 126 Å². The van der Waals surface area contributed by atoms with Gasteiger partial charge in [-0.05, 0) is 43.5 Å². The van der Waals surface area contributed by atoms with E-state index in [1.807, 2.05) is 55.5 Å². The molecule has 0 aliphatic rings. The Hall–Kier alpha value is -2.29. The molecular weight excluding hydrogens is 262 g/mol. The van der Waals surface area contributed by atoms with Gasteiger partial charge >= 0.3 is 0 Å². The van der Waals surface area contributed by atoms with Crippen molar-refractivity contribution in [1.82, 2.24) is 0 Å². The van der Waals surface area contributed by atoms with E-state index in [0.717, 1.165) is 29.0 Å². The van der Waals surface area contributed by atoms with E-state index in [4.69, 9.17) is 4.74 Å². The van der Waals surface area contributed by atoms with Crippen molar-refractivity contribution in [3.05, 3.63) is 59.7 Å². The molecule has 3 heteroatoms. The molecule has 0 radical (unpaired) electrons. The molecule has 1 N–H and O–H groups in total. The van der Waals surface area contributed by atoms with Gasteiger partial charge in [0.1, 0.15) is 5.75 Å². The third-order valence-corrected chi connectivity index (χ3v) is 3.42. The summed E-state index contributed by atoms with van der Waals surface area (Å²) < 4.78 is 5.74. The lowest BCUT2D eigenvalue weighted by molar-refractivity contribution is -0.122. The Kier molecular flexibility index (Phi) is 4.99. The van der Waals surface area contributed by atoms with Gasteiger partial charge in [0.05, 0.1) is 0 Å². The van der Waals surface area contributed by atoms with Crippen LogP contribution in [-0.4, -0.2) is 12.0 Å². The molecule has 2 rings (SSSR count). The summed E-state index contributed by atoms with van der Waals surface area (Å²) in [4.78, 5) is 12.3. The van der Waals surface area contributed by atoms with Gasteiger partial charge in [-0.1, -0.05) is 43.3 Å². The average Bonchev–Trinajstić information content (AvgIpc) is 2.50. The van der Waals surface area contributed by atoms with Crippen LogP contribution in [0.3, 0.4) is 0 Å². The molecular formula is C18H21NO2. The van der Waals surface area contributed by atoms with E-state index in [2.05, 4.69) is 12.2 Å². The smallest absolute Gasteiger partial charge is 0.265 e. The highest BCUT2D eigenvalue weighted by Gasteiger charge is 2.16. The first-order chi connectivity index (χ1) is 10.1. The second kappa shape index (κ2) is 6.93. The summed E-state index contributed by atoms with van der Waals surface area (Å²) in [6, 6.07) is 15.5. The molecule has 0 unspecified atom stereocenters. The molecule has 0 aliphatic heterocycles. The van der Waals surface area contributed by atoms with Crippen LogP contribution < -0.4 is 10.1 Å². The van der Waals surface area contributed by atoms with Crippen molar-refractivity contribution in [1.29, 1.82) is 0 Å². The van der Waals surface area contributed by atoms with Crippen LogP contribution in [0.25, 0.3) is 0 Å². The number of para-hydroxylation sites is 2. The molecule has 2 aromatic rings. The summed E-state index contributed by atoms with van der Waals surface area (Å²) in [5, 5.41) is 2.94. The molecule has 0 saturated heterocycles. The summed E-state index contributed by atoms with van der Waals surface area (Å²) >= 11 is 0. The van der Waals surface area contributed by atoms with Crippen molar-refractivity contribution in [2.45, 2.75) is 33.3 Å². The van der Waals surface area contributed by atoms with Crippen molar-refractivity contribution in [2.75, 3.05) is 5.32 Å². The SMILES string of the molecule is CCc1ccccc1NC(=O)[C@@H](C)Oc1ccccc1C. The predicted octanol–water partition coefficient (Wildman–Crippen LogP) is 3.96. The van der Waals surface area contributed by atoms with E-state index in [1.54, 1.807) is 6.92 Å². The van der Waals surface area contributed by atoms with Crippen molar-refractivity contribution < 1.29 is 9.53 Å². The largest absolute Gasteiger partial charge is 0.481 e. The van der Waals surface area contributed by atoms with Gasteiger partial charge in [-0.3, -0.25) is 4.79 Å². The van der Waals surface area contributed by atoms with Crippen molar-refractivity contribution in [2.24, 2.45) is 0 Å².